The van der Waals surface area contributed by atoms with Crippen molar-refractivity contribution < 1.29 is 37.3 Å². The molecule has 8 nitrogen and oxygen atoms in total. The van der Waals surface area contributed by atoms with E-state index in [4.69, 9.17) is 18.5 Å². The molecule has 0 aromatic carbocycles. The van der Waals surface area contributed by atoms with Gasteiger partial charge in [0.15, 0.2) is 0 Å². The predicted octanol–water partition coefficient (Wildman–Crippen LogP) is 17.7. The first-order chi connectivity index (χ1) is 33.6. The molecule has 0 aromatic heterocycles. The summed E-state index contributed by atoms with van der Waals surface area (Å²) < 4.78 is 35.2. The minimum absolute atomic E-state index is 0.0826. The van der Waals surface area contributed by atoms with E-state index in [0.29, 0.717) is 24.1 Å². The maximum atomic E-state index is 12.8. The predicted molar refractivity (Wildman–Crippen MR) is 298 cm³/mol. The van der Waals surface area contributed by atoms with E-state index in [9.17, 15) is 14.3 Å². The quantitative estimate of drug-likeness (QED) is 0.0213. The van der Waals surface area contributed by atoms with Crippen molar-refractivity contribution in [2.24, 2.45) is 0 Å². The van der Waals surface area contributed by atoms with Gasteiger partial charge in [-0.2, -0.15) is 0 Å². The number of ether oxygens (including phenoxy) is 2. The zero-order chi connectivity index (χ0) is 50.5. The van der Waals surface area contributed by atoms with Crippen molar-refractivity contribution in [1.29, 1.82) is 0 Å². The molecule has 2 atom stereocenters. The lowest BCUT2D eigenvalue weighted by molar-refractivity contribution is -0.870. The van der Waals surface area contributed by atoms with Crippen molar-refractivity contribution in [1.82, 2.24) is 0 Å². The zero-order valence-electron chi connectivity index (χ0n) is 45.3. The standard InChI is InChI=1S/C60H106NO7P/c1-6-8-10-12-14-16-18-20-22-24-26-28-30-32-34-36-38-40-42-44-46-48-50-52-55-65-57-59(58-67-69(63,64)66-56-54-61(3,4)5)68-60(62)53-51-49-47-45-43-41-39-37-35-33-31-29-27-25-23-21-19-17-15-13-11-9-7-2/h8-11,14-17,20-23,26-29,59H,6-7,12-13,18-19,24-25,30-58H2,1-5H3/p+1/b10-8-,11-9-,16-14-,17-15-,22-20-,23-21-,28-26-,29-27-. The van der Waals surface area contributed by atoms with E-state index in [2.05, 4.69) is 111 Å². The summed E-state index contributed by atoms with van der Waals surface area (Å²) in [6.07, 6.45) is 71.8. The first kappa shape index (κ1) is 66.4. The fourth-order valence-corrected chi connectivity index (χ4v) is 8.16. The smallest absolute Gasteiger partial charge is 0.457 e. The number of hydrogen-bond donors (Lipinski definition) is 1. The SMILES string of the molecule is CC/C=C\C/C=C\C/C=C\C/C=C\CCCCCCCCCCCCCOCC(COP(=O)(O)OCC[N+](C)(C)C)OC(=O)CCCCCCCCCCCC/C=C\C/C=C\C/C=C\C/C=C\CC. The summed E-state index contributed by atoms with van der Waals surface area (Å²) in [4.78, 5) is 23.1. The van der Waals surface area contributed by atoms with E-state index in [1.165, 1.54) is 116 Å². The largest absolute Gasteiger partial charge is 0.472 e. The van der Waals surface area contributed by atoms with Crippen molar-refractivity contribution in [3.8, 4) is 0 Å². The number of esters is 1. The summed E-state index contributed by atoms with van der Waals surface area (Å²) in [5.74, 6) is -0.321. The van der Waals surface area contributed by atoms with Crippen LogP contribution in [0.3, 0.4) is 0 Å². The summed E-state index contributed by atoms with van der Waals surface area (Å²) in [5, 5.41) is 0. The second-order valence-electron chi connectivity index (χ2n) is 19.6. The maximum absolute atomic E-state index is 12.8. The van der Waals surface area contributed by atoms with Gasteiger partial charge in [0.1, 0.15) is 19.3 Å². The van der Waals surface area contributed by atoms with Crippen LogP contribution in [0, 0.1) is 0 Å². The van der Waals surface area contributed by atoms with Gasteiger partial charge in [0, 0.05) is 13.0 Å². The molecule has 0 saturated heterocycles. The molecule has 0 saturated carbocycles. The Balaban J connectivity index is 4.12. The number of rotatable bonds is 51. The van der Waals surface area contributed by atoms with Crippen LogP contribution in [0.1, 0.15) is 219 Å². The van der Waals surface area contributed by atoms with Crippen LogP contribution in [0.2, 0.25) is 0 Å². The van der Waals surface area contributed by atoms with E-state index < -0.39 is 13.9 Å². The highest BCUT2D eigenvalue weighted by molar-refractivity contribution is 7.47. The maximum Gasteiger partial charge on any atom is 0.472 e. The monoisotopic (exact) mass is 985 g/mol. The number of allylic oxidation sites excluding steroid dienone is 16. The van der Waals surface area contributed by atoms with Gasteiger partial charge in [-0.1, -0.05) is 220 Å². The molecule has 398 valence electrons. The van der Waals surface area contributed by atoms with E-state index in [-0.39, 0.29) is 25.8 Å². The number of phosphoric ester groups is 1. The van der Waals surface area contributed by atoms with Gasteiger partial charge in [-0.3, -0.25) is 13.8 Å². The van der Waals surface area contributed by atoms with Crippen molar-refractivity contribution >= 4 is 13.8 Å². The molecule has 0 aromatic rings. The number of quaternary nitrogens is 1. The molecule has 0 aliphatic rings. The third kappa shape index (κ3) is 56.2. The summed E-state index contributed by atoms with van der Waals surface area (Å²) in [5.41, 5.74) is 0. The minimum atomic E-state index is -4.29. The minimum Gasteiger partial charge on any atom is -0.457 e. The van der Waals surface area contributed by atoms with Gasteiger partial charge < -0.3 is 18.9 Å². The van der Waals surface area contributed by atoms with Crippen LogP contribution < -0.4 is 0 Å². The normalized spacial score (nSPS) is 14.2. The first-order valence-corrected chi connectivity index (χ1v) is 29.5. The highest BCUT2D eigenvalue weighted by atomic mass is 31.2. The van der Waals surface area contributed by atoms with Gasteiger partial charge in [0.2, 0.25) is 0 Å². The Bertz CT molecular complexity index is 1420. The molecule has 0 spiro atoms. The number of carbonyl (C=O) groups excluding carboxylic acids is 1. The Morgan fingerprint density at radius 1 is 0.449 bits per heavy atom. The van der Waals surface area contributed by atoms with Crippen LogP contribution in [-0.4, -0.2) is 75.6 Å². The number of hydrogen-bond acceptors (Lipinski definition) is 6. The average Bonchev–Trinajstić information content (AvgIpc) is 3.31. The van der Waals surface area contributed by atoms with Crippen LogP contribution in [0.25, 0.3) is 0 Å². The van der Waals surface area contributed by atoms with Crippen LogP contribution in [0.5, 0.6) is 0 Å². The van der Waals surface area contributed by atoms with E-state index in [0.717, 1.165) is 83.5 Å². The lowest BCUT2D eigenvalue weighted by atomic mass is 10.0. The molecule has 1 N–H and O–H groups in total. The Labute approximate surface area is 426 Å². The van der Waals surface area contributed by atoms with E-state index in [1.807, 2.05) is 21.1 Å². The molecule has 0 heterocycles. The van der Waals surface area contributed by atoms with Gasteiger partial charge in [0.25, 0.3) is 0 Å². The van der Waals surface area contributed by atoms with E-state index >= 15 is 0 Å². The van der Waals surface area contributed by atoms with Crippen molar-refractivity contribution in [2.45, 2.75) is 225 Å². The average molecular weight is 985 g/mol. The highest BCUT2D eigenvalue weighted by Gasteiger charge is 2.26. The number of carbonyl (C=O) groups is 1. The number of unbranched alkanes of at least 4 members (excludes halogenated alkanes) is 21. The first-order valence-electron chi connectivity index (χ1n) is 28.0. The van der Waals surface area contributed by atoms with Gasteiger partial charge in [-0.25, -0.2) is 4.57 Å². The molecule has 0 fully saturated rings. The summed E-state index contributed by atoms with van der Waals surface area (Å²) >= 11 is 0. The second-order valence-corrected chi connectivity index (χ2v) is 21.0. The van der Waals surface area contributed by atoms with Gasteiger partial charge in [-0.15, -0.1) is 0 Å². The van der Waals surface area contributed by atoms with Crippen LogP contribution in [0.15, 0.2) is 97.2 Å². The molecule has 69 heavy (non-hydrogen) atoms. The summed E-state index contributed by atoms with van der Waals surface area (Å²) in [7, 11) is 1.65. The molecule has 0 bridgehead atoms. The third-order valence-electron chi connectivity index (χ3n) is 11.6. The molecule has 0 radical (unpaired) electrons. The van der Waals surface area contributed by atoms with Crippen molar-refractivity contribution in [2.75, 3.05) is 54.1 Å². The number of nitrogens with zero attached hydrogens (tertiary/aromatic N) is 1. The molecule has 9 heteroatoms. The molecule has 2 unspecified atom stereocenters. The second kappa shape index (κ2) is 51.8. The molecule has 0 aliphatic heterocycles. The Hall–Kier alpha value is -2.58. The number of likely N-dealkylation sites (N-methyl/N-ethyl adjacent to an activating group) is 1. The zero-order valence-corrected chi connectivity index (χ0v) is 46.2. The third-order valence-corrected chi connectivity index (χ3v) is 12.6. The summed E-state index contributed by atoms with van der Waals surface area (Å²) in [6.45, 7) is 5.39. The topological polar surface area (TPSA) is 91.3 Å². The highest BCUT2D eigenvalue weighted by Crippen LogP contribution is 2.43. The number of phosphoric acid groups is 1. The Morgan fingerprint density at radius 2 is 0.797 bits per heavy atom. The van der Waals surface area contributed by atoms with Gasteiger partial charge in [0.05, 0.1) is 34.4 Å². The molecule has 0 aliphatic carbocycles. The molecule has 0 rings (SSSR count). The van der Waals surface area contributed by atoms with Crippen LogP contribution >= 0.6 is 7.82 Å². The van der Waals surface area contributed by atoms with Crippen molar-refractivity contribution in [3.05, 3.63) is 97.2 Å². The molecular weight excluding hydrogens is 878 g/mol. The van der Waals surface area contributed by atoms with E-state index in [1.54, 1.807) is 0 Å². The molecular formula is C60H107NO7P+. The summed E-state index contributed by atoms with van der Waals surface area (Å²) in [6, 6.07) is 0. The lowest BCUT2D eigenvalue weighted by Gasteiger charge is -2.24. The lowest BCUT2D eigenvalue weighted by Crippen LogP contribution is -2.37. The van der Waals surface area contributed by atoms with Crippen molar-refractivity contribution in [3.63, 3.8) is 0 Å². The van der Waals surface area contributed by atoms with Gasteiger partial charge >= 0.3 is 13.8 Å². The van der Waals surface area contributed by atoms with Crippen LogP contribution in [0.4, 0.5) is 0 Å². The fourth-order valence-electron chi connectivity index (χ4n) is 7.42. The Morgan fingerprint density at radius 3 is 1.19 bits per heavy atom. The Kier molecular flexibility index (Phi) is 49.8. The van der Waals surface area contributed by atoms with Crippen LogP contribution in [-0.2, 0) is 27.9 Å². The van der Waals surface area contributed by atoms with Gasteiger partial charge in [-0.05, 0) is 89.9 Å². The molecule has 0 amide bonds. The fraction of sp³-hybridized carbons (Fsp3) is 0.717.